The highest BCUT2D eigenvalue weighted by Crippen LogP contribution is 2.13. The second-order valence-electron chi connectivity index (χ2n) is 1.99. The maximum atomic E-state index is 11.0. The third-order valence-electron chi connectivity index (χ3n) is 1.34. The van der Waals surface area contributed by atoms with E-state index < -0.39 is 0 Å². The summed E-state index contributed by atoms with van der Waals surface area (Å²) in [5.41, 5.74) is 0. The van der Waals surface area contributed by atoms with Gasteiger partial charge in [-0.25, -0.2) is 0 Å². The lowest BCUT2D eigenvalue weighted by atomic mass is 10.5. The molecule has 2 aromatic heterocycles. The summed E-state index contributed by atoms with van der Waals surface area (Å²) >= 11 is 1.46. The zero-order valence-electron chi connectivity index (χ0n) is 5.15. The number of hydrogen-bond acceptors (Lipinski definition) is 2. The Kier molecular flexibility index (Phi) is 1.11. The number of fused-ring (bicyclic) bond motifs is 1. The van der Waals surface area contributed by atoms with Crippen LogP contribution in [0.3, 0.4) is 0 Å². The van der Waals surface area contributed by atoms with Crippen LogP contribution in [0.5, 0.6) is 5.75 Å². The van der Waals surface area contributed by atoms with Gasteiger partial charge in [0.15, 0.2) is 12.4 Å². The van der Waals surface area contributed by atoms with Crippen molar-refractivity contribution in [1.29, 1.82) is 0 Å². The van der Waals surface area contributed by atoms with Gasteiger partial charge in [0.2, 0.25) is 0 Å². The van der Waals surface area contributed by atoms with Gasteiger partial charge in [0.25, 0.3) is 4.83 Å². The Morgan fingerprint density at radius 2 is 2.30 bits per heavy atom. The molecule has 2 nitrogen and oxygen atoms in total. The molecule has 0 aromatic carbocycles. The molecule has 0 spiro atoms. The van der Waals surface area contributed by atoms with Gasteiger partial charge in [0.05, 0.1) is 5.38 Å². The fourth-order valence-corrected chi connectivity index (χ4v) is 1.63. The molecule has 0 amide bonds. The van der Waals surface area contributed by atoms with Gasteiger partial charge in [-0.05, 0) is 5.75 Å². The van der Waals surface area contributed by atoms with Crippen LogP contribution in [0.1, 0.15) is 0 Å². The molecule has 0 N–H and O–H groups in total. The molecule has 2 heterocycles. The molecule has 0 fully saturated rings. The first-order chi connectivity index (χ1) is 4.88. The minimum atomic E-state index is 0.0949. The van der Waals surface area contributed by atoms with Crippen molar-refractivity contribution in [2.75, 3.05) is 0 Å². The van der Waals surface area contributed by atoms with Crippen LogP contribution in [0.4, 0.5) is 0 Å². The lowest BCUT2D eigenvalue weighted by Gasteiger charge is -1.97. The molecule has 0 aliphatic heterocycles. The largest absolute Gasteiger partial charge is 0.867 e. The third kappa shape index (κ3) is 0.675. The van der Waals surface area contributed by atoms with E-state index in [1.165, 1.54) is 11.3 Å². The Balaban J connectivity index is 2.95. The summed E-state index contributed by atoms with van der Waals surface area (Å²) in [5.74, 6) is 0.0949. The van der Waals surface area contributed by atoms with Gasteiger partial charge in [-0.15, -0.1) is 0 Å². The molecule has 3 heteroatoms. The molecule has 2 rings (SSSR count). The molecule has 0 atom stereocenters. The van der Waals surface area contributed by atoms with E-state index in [9.17, 15) is 5.11 Å². The molecule has 10 heavy (non-hydrogen) atoms. The average Bonchev–Trinajstić information content (AvgIpc) is 2.36. The maximum absolute atomic E-state index is 11.0. The van der Waals surface area contributed by atoms with E-state index in [4.69, 9.17) is 0 Å². The fraction of sp³-hybridized carbons (Fsp3) is 0. The number of hydrogen-bond donors (Lipinski definition) is 0. The van der Waals surface area contributed by atoms with Crippen molar-refractivity contribution in [2.45, 2.75) is 0 Å². The van der Waals surface area contributed by atoms with Crippen LogP contribution < -0.4 is 9.51 Å². The quantitative estimate of drug-likeness (QED) is 0.505. The second kappa shape index (κ2) is 1.95. The van der Waals surface area contributed by atoms with Crippen molar-refractivity contribution in [2.24, 2.45) is 0 Å². The first-order valence-corrected chi connectivity index (χ1v) is 3.80. The van der Waals surface area contributed by atoms with E-state index in [0.29, 0.717) is 0 Å². The van der Waals surface area contributed by atoms with Crippen LogP contribution in [-0.2, 0) is 0 Å². The Bertz CT molecular complexity index is 355. The van der Waals surface area contributed by atoms with Crippen LogP contribution in [0.2, 0.25) is 0 Å². The van der Waals surface area contributed by atoms with Crippen molar-refractivity contribution in [1.82, 2.24) is 0 Å². The number of aromatic nitrogens is 1. The van der Waals surface area contributed by atoms with Gasteiger partial charge in [0, 0.05) is 6.07 Å². The van der Waals surface area contributed by atoms with Gasteiger partial charge >= 0.3 is 0 Å². The van der Waals surface area contributed by atoms with Gasteiger partial charge in [-0.3, -0.25) is 0 Å². The zero-order valence-corrected chi connectivity index (χ0v) is 5.97. The summed E-state index contributed by atoms with van der Waals surface area (Å²) < 4.78 is 1.83. The molecule has 0 saturated heterocycles. The first-order valence-electron chi connectivity index (χ1n) is 2.92. The molecule has 0 radical (unpaired) electrons. The smallest absolute Gasteiger partial charge is 0.259 e. The van der Waals surface area contributed by atoms with E-state index in [1.807, 2.05) is 22.2 Å². The van der Waals surface area contributed by atoms with Crippen molar-refractivity contribution in [3.63, 3.8) is 0 Å². The number of rotatable bonds is 0. The van der Waals surface area contributed by atoms with Gasteiger partial charge < -0.3 is 5.11 Å². The molecule has 0 bridgehead atoms. The van der Waals surface area contributed by atoms with Crippen LogP contribution >= 0.6 is 11.3 Å². The van der Waals surface area contributed by atoms with Crippen LogP contribution in [0, 0.1) is 0 Å². The number of pyridine rings is 1. The van der Waals surface area contributed by atoms with Crippen molar-refractivity contribution in [3.8, 4) is 5.75 Å². The summed E-state index contributed by atoms with van der Waals surface area (Å²) in [5, 5.41) is 12.9. The van der Waals surface area contributed by atoms with E-state index in [1.54, 1.807) is 12.1 Å². The highest BCUT2D eigenvalue weighted by atomic mass is 32.1. The van der Waals surface area contributed by atoms with E-state index >= 15 is 0 Å². The summed E-state index contributed by atoms with van der Waals surface area (Å²) in [6.07, 6.45) is 3.74. The Labute approximate surface area is 62.0 Å². The Morgan fingerprint density at radius 1 is 1.40 bits per heavy atom. The number of nitrogens with zero attached hydrogens (tertiary/aromatic N) is 1. The second-order valence-corrected chi connectivity index (χ2v) is 2.88. The fourth-order valence-electron chi connectivity index (χ4n) is 0.886. The number of thiazole rings is 1. The topological polar surface area (TPSA) is 27.2 Å². The van der Waals surface area contributed by atoms with E-state index in [0.717, 1.165) is 4.83 Å². The third-order valence-corrected chi connectivity index (χ3v) is 2.23. The standard InChI is InChI=1S/C7H5NOS/c9-6-2-1-3-8-4-5-10-7(6)8/h1-5H. The Morgan fingerprint density at radius 3 is 3.10 bits per heavy atom. The predicted molar refractivity (Wildman–Crippen MR) is 36.9 cm³/mol. The summed E-state index contributed by atoms with van der Waals surface area (Å²) in [6.45, 7) is 0. The molecule has 0 aliphatic carbocycles. The highest BCUT2D eigenvalue weighted by Gasteiger charge is 2.00. The first kappa shape index (κ1) is 5.68. The normalized spacial score (nSPS) is 10.4. The summed E-state index contributed by atoms with van der Waals surface area (Å²) in [6, 6.07) is 3.33. The van der Waals surface area contributed by atoms with Crippen molar-refractivity contribution in [3.05, 3.63) is 29.9 Å². The van der Waals surface area contributed by atoms with Crippen molar-refractivity contribution < 1.29 is 9.51 Å². The van der Waals surface area contributed by atoms with Crippen molar-refractivity contribution >= 4 is 16.2 Å². The molecule has 0 aliphatic rings. The molecular formula is C7H5NOS. The highest BCUT2D eigenvalue weighted by molar-refractivity contribution is 7.15. The molecule has 0 unspecified atom stereocenters. The van der Waals surface area contributed by atoms with Gasteiger partial charge in [0.1, 0.15) is 0 Å². The van der Waals surface area contributed by atoms with E-state index in [2.05, 4.69) is 0 Å². The molecule has 0 saturated carbocycles. The van der Waals surface area contributed by atoms with Crippen LogP contribution in [0.15, 0.2) is 29.9 Å². The molecule has 2 aromatic rings. The Hall–Kier alpha value is -1.09. The van der Waals surface area contributed by atoms with Crippen LogP contribution in [-0.4, -0.2) is 0 Å². The lowest BCUT2D eigenvalue weighted by molar-refractivity contribution is -0.511. The van der Waals surface area contributed by atoms with E-state index in [-0.39, 0.29) is 5.75 Å². The zero-order chi connectivity index (χ0) is 6.97. The van der Waals surface area contributed by atoms with Crippen LogP contribution in [0.25, 0.3) is 4.83 Å². The monoisotopic (exact) mass is 151 g/mol. The summed E-state index contributed by atoms with van der Waals surface area (Å²) in [4.78, 5) is 0.780. The summed E-state index contributed by atoms with van der Waals surface area (Å²) in [7, 11) is 0. The maximum Gasteiger partial charge on any atom is 0.259 e. The predicted octanol–water partition coefficient (Wildman–Crippen LogP) is 0.560. The minimum Gasteiger partial charge on any atom is -0.867 e. The van der Waals surface area contributed by atoms with Gasteiger partial charge in [-0.1, -0.05) is 17.4 Å². The minimum absolute atomic E-state index is 0.0949. The molecular weight excluding hydrogens is 146 g/mol. The SMILES string of the molecule is [O-]c1ccc[n+]2ccsc12. The average molecular weight is 151 g/mol. The molecule has 50 valence electrons. The van der Waals surface area contributed by atoms with Gasteiger partial charge in [-0.2, -0.15) is 4.40 Å². The lowest BCUT2D eigenvalue weighted by Crippen LogP contribution is -2.17.